The summed E-state index contributed by atoms with van der Waals surface area (Å²) in [4.78, 5) is 2.72. The van der Waals surface area contributed by atoms with Gasteiger partial charge in [0.2, 0.25) is 0 Å². The third-order valence-electron chi connectivity index (χ3n) is 5.13. The molecule has 0 aromatic rings. The van der Waals surface area contributed by atoms with Crippen molar-refractivity contribution in [1.82, 2.24) is 10.2 Å². The van der Waals surface area contributed by atoms with Gasteiger partial charge in [-0.15, -0.1) is 0 Å². The minimum Gasteiger partial charge on any atom is -0.316 e. The van der Waals surface area contributed by atoms with Gasteiger partial charge in [-0.1, -0.05) is 19.8 Å². The zero-order chi connectivity index (χ0) is 11.0. The quantitative estimate of drug-likeness (QED) is 0.770. The van der Waals surface area contributed by atoms with Crippen molar-refractivity contribution in [3.05, 3.63) is 0 Å². The molecule has 1 saturated carbocycles. The van der Waals surface area contributed by atoms with Gasteiger partial charge < -0.3 is 10.2 Å². The summed E-state index contributed by atoms with van der Waals surface area (Å²) in [6.07, 6.45) is 7.39. The predicted octanol–water partition coefficient (Wildman–Crippen LogP) is 2.11. The van der Waals surface area contributed by atoms with E-state index >= 15 is 0 Å². The van der Waals surface area contributed by atoms with Gasteiger partial charge in [0.05, 0.1) is 0 Å². The fourth-order valence-corrected chi connectivity index (χ4v) is 3.96. The van der Waals surface area contributed by atoms with Crippen molar-refractivity contribution in [3.8, 4) is 0 Å². The number of nitrogens with one attached hydrogen (secondary N) is 1. The van der Waals surface area contributed by atoms with Gasteiger partial charge in [0.15, 0.2) is 0 Å². The Bertz CT molecular complexity index is 229. The van der Waals surface area contributed by atoms with Crippen molar-refractivity contribution in [1.29, 1.82) is 0 Å². The number of hydrogen-bond donors (Lipinski definition) is 1. The van der Waals surface area contributed by atoms with Crippen LogP contribution in [0.3, 0.4) is 0 Å². The SMILES string of the molecule is CC1CCC2(CC1)CN(CC1CCNC1)C2. The molecule has 3 fully saturated rings. The molecule has 0 aromatic carbocycles. The van der Waals surface area contributed by atoms with Crippen LogP contribution >= 0.6 is 0 Å². The molecule has 3 rings (SSSR count). The summed E-state index contributed by atoms with van der Waals surface area (Å²) < 4.78 is 0. The zero-order valence-electron chi connectivity index (χ0n) is 10.7. The van der Waals surface area contributed by atoms with Gasteiger partial charge in [0, 0.05) is 19.6 Å². The van der Waals surface area contributed by atoms with Crippen LogP contribution in [0.2, 0.25) is 0 Å². The maximum atomic E-state index is 3.48. The van der Waals surface area contributed by atoms with Crippen molar-refractivity contribution >= 4 is 0 Å². The molecule has 2 heterocycles. The van der Waals surface area contributed by atoms with Gasteiger partial charge in [-0.05, 0) is 49.6 Å². The summed E-state index contributed by atoms with van der Waals surface area (Å²) in [7, 11) is 0. The standard InChI is InChI=1S/C14H26N2/c1-12-2-5-14(6-3-12)10-16(11-14)9-13-4-7-15-8-13/h12-13,15H,2-11H2,1H3. The highest BCUT2D eigenvalue weighted by Crippen LogP contribution is 2.45. The van der Waals surface area contributed by atoms with Crippen LogP contribution in [-0.4, -0.2) is 37.6 Å². The molecule has 0 bridgehead atoms. The lowest BCUT2D eigenvalue weighted by molar-refractivity contribution is -0.0428. The lowest BCUT2D eigenvalue weighted by Crippen LogP contribution is -2.58. The van der Waals surface area contributed by atoms with Crippen LogP contribution < -0.4 is 5.32 Å². The molecule has 0 radical (unpaired) electrons. The molecular formula is C14H26N2. The van der Waals surface area contributed by atoms with Crippen molar-refractivity contribution in [2.75, 3.05) is 32.7 Å². The number of rotatable bonds is 2. The van der Waals surface area contributed by atoms with Crippen LogP contribution in [-0.2, 0) is 0 Å². The van der Waals surface area contributed by atoms with Gasteiger partial charge >= 0.3 is 0 Å². The third-order valence-corrected chi connectivity index (χ3v) is 5.13. The second-order valence-electron chi connectivity index (χ2n) is 6.71. The summed E-state index contributed by atoms with van der Waals surface area (Å²) in [6.45, 7) is 9.13. The summed E-state index contributed by atoms with van der Waals surface area (Å²) >= 11 is 0. The summed E-state index contributed by atoms with van der Waals surface area (Å²) in [5.74, 6) is 1.94. The molecule has 2 heteroatoms. The van der Waals surface area contributed by atoms with E-state index in [2.05, 4.69) is 17.1 Å². The monoisotopic (exact) mass is 222 g/mol. The molecule has 1 N–H and O–H groups in total. The van der Waals surface area contributed by atoms with Gasteiger partial charge in [0.25, 0.3) is 0 Å². The maximum Gasteiger partial charge on any atom is 0.00506 e. The largest absolute Gasteiger partial charge is 0.316 e. The molecule has 0 aromatic heterocycles. The van der Waals surface area contributed by atoms with E-state index in [1.54, 1.807) is 0 Å². The molecule has 2 saturated heterocycles. The highest BCUT2D eigenvalue weighted by Gasteiger charge is 2.44. The lowest BCUT2D eigenvalue weighted by atomic mass is 9.66. The average molecular weight is 222 g/mol. The van der Waals surface area contributed by atoms with Gasteiger partial charge in [0.1, 0.15) is 0 Å². The van der Waals surface area contributed by atoms with Crippen LogP contribution in [0.4, 0.5) is 0 Å². The minimum atomic E-state index is 0.762. The van der Waals surface area contributed by atoms with E-state index < -0.39 is 0 Å². The van der Waals surface area contributed by atoms with Crippen LogP contribution in [0.25, 0.3) is 0 Å². The smallest absolute Gasteiger partial charge is 0.00506 e. The van der Waals surface area contributed by atoms with Gasteiger partial charge in [-0.2, -0.15) is 0 Å². The van der Waals surface area contributed by atoms with E-state index in [1.807, 2.05) is 0 Å². The molecule has 1 spiro atoms. The van der Waals surface area contributed by atoms with Crippen molar-refractivity contribution < 1.29 is 0 Å². The molecule has 0 amide bonds. The molecule has 3 aliphatic rings. The van der Waals surface area contributed by atoms with E-state index in [0.29, 0.717) is 0 Å². The van der Waals surface area contributed by atoms with E-state index in [0.717, 1.165) is 17.3 Å². The number of hydrogen-bond acceptors (Lipinski definition) is 2. The fourth-order valence-electron chi connectivity index (χ4n) is 3.96. The Morgan fingerprint density at radius 2 is 1.94 bits per heavy atom. The number of likely N-dealkylation sites (tertiary alicyclic amines) is 1. The van der Waals surface area contributed by atoms with E-state index in [1.165, 1.54) is 64.8 Å². The Morgan fingerprint density at radius 1 is 1.19 bits per heavy atom. The molecular weight excluding hydrogens is 196 g/mol. The third kappa shape index (κ3) is 2.14. The van der Waals surface area contributed by atoms with Crippen LogP contribution in [0.1, 0.15) is 39.0 Å². The summed E-state index contributed by atoms with van der Waals surface area (Å²) in [6, 6.07) is 0. The lowest BCUT2D eigenvalue weighted by Gasteiger charge is -2.54. The first-order valence-corrected chi connectivity index (χ1v) is 7.19. The normalized spacial score (nSPS) is 35.4. The maximum absolute atomic E-state index is 3.48. The minimum absolute atomic E-state index is 0.762. The first kappa shape index (κ1) is 11.0. The molecule has 2 aliphatic heterocycles. The van der Waals surface area contributed by atoms with Crippen molar-refractivity contribution in [2.24, 2.45) is 17.3 Å². The topological polar surface area (TPSA) is 15.3 Å². The Hall–Kier alpha value is -0.0800. The first-order valence-electron chi connectivity index (χ1n) is 7.19. The van der Waals surface area contributed by atoms with Crippen molar-refractivity contribution in [2.45, 2.75) is 39.0 Å². The average Bonchev–Trinajstić information content (AvgIpc) is 2.72. The Labute approximate surface area is 99.8 Å². The molecule has 1 aliphatic carbocycles. The first-order chi connectivity index (χ1) is 7.76. The molecule has 16 heavy (non-hydrogen) atoms. The summed E-state index contributed by atoms with van der Waals surface area (Å²) in [5, 5.41) is 3.48. The van der Waals surface area contributed by atoms with Gasteiger partial charge in [-0.3, -0.25) is 0 Å². The predicted molar refractivity (Wildman–Crippen MR) is 67.5 cm³/mol. The Balaban J connectivity index is 1.43. The summed E-state index contributed by atoms with van der Waals surface area (Å²) in [5.41, 5.74) is 0.762. The van der Waals surface area contributed by atoms with Crippen LogP contribution in [0, 0.1) is 17.3 Å². The second kappa shape index (κ2) is 4.30. The van der Waals surface area contributed by atoms with Crippen LogP contribution in [0.15, 0.2) is 0 Å². The van der Waals surface area contributed by atoms with Crippen molar-refractivity contribution in [3.63, 3.8) is 0 Å². The van der Waals surface area contributed by atoms with E-state index in [-0.39, 0.29) is 0 Å². The Morgan fingerprint density at radius 3 is 2.56 bits per heavy atom. The Kier molecular flexibility index (Phi) is 2.97. The number of nitrogens with zero attached hydrogens (tertiary/aromatic N) is 1. The van der Waals surface area contributed by atoms with Gasteiger partial charge in [-0.25, -0.2) is 0 Å². The molecule has 1 atom stereocenters. The fraction of sp³-hybridized carbons (Fsp3) is 1.00. The second-order valence-corrected chi connectivity index (χ2v) is 6.71. The van der Waals surface area contributed by atoms with Crippen LogP contribution in [0.5, 0.6) is 0 Å². The molecule has 92 valence electrons. The highest BCUT2D eigenvalue weighted by molar-refractivity contribution is 4.98. The van der Waals surface area contributed by atoms with E-state index in [4.69, 9.17) is 0 Å². The zero-order valence-corrected chi connectivity index (χ0v) is 10.7. The molecule has 1 unspecified atom stereocenters. The highest BCUT2D eigenvalue weighted by atomic mass is 15.2. The van der Waals surface area contributed by atoms with E-state index in [9.17, 15) is 0 Å². The molecule has 2 nitrogen and oxygen atoms in total.